The van der Waals surface area contributed by atoms with Gasteiger partial charge in [-0.15, -0.1) is 0 Å². The van der Waals surface area contributed by atoms with E-state index in [1.165, 1.54) is 12.1 Å². The van der Waals surface area contributed by atoms with Gasteiger partial charge in [-0.25, -0.2) is 0 Å². The van der Waals surface area contributed by atoms with Crippen LogP contribution in [0.4, 0.5) is 5.69 Å². The molecule has 1 atom stereocenters. The molecule has 1 unspecified atom stereocenters. The van der Waals surface area contributed by atoms with Crippen molar-refractivity contribution >= 4 is 5.69 Å². The number of hydrogen-bond donors (Lipinski definition) is 0. The molecule has 0 heterocycles. The average molecular weight is 238 g/mol. The molecule has 0 aromatic heterocycles. The molecule has 0 saturated heterocycles. The molecular formula is C12H18N2O3. The first kappa shape index (κ1) is 13.4. The van der Waals surface area contributed by atoms with E-state index in [-0.39, 0.29) is 11.8 Å². The molecule has 0 spiro atoms. The largest absolute Gasteiger partial charge is 0.489 e. The molecule has 0 radical (unpaired) electrons. The van der Waals surface area contributed by atoms with Crippen LogP contribution in [-0.4, -0.2) is 36.6 Å². The van der Waals surface area contributed by atoms with Crippen molar-refractivity contribution in [2.75, 3.05) is 20.6 Å². The number of aryl methyl sites for hydroxylation is 1. The Hall–Kier alpha value is -1.62. The summed E-state index contributed by atoms with van der Waals surface area (Å²) in [6, 6.07) is 4.66. The zero-order valence-corrected chi connectivity index (χ0v) is 10.6. The minimum absolute atomic E-state index is 0.00861. The number of rotatable bonds is 5. The van der Waals surface area contributed by atoms with Gasteiger partial charge in [0, 0.05) is 12.6 Å². The third-order valence-corrected chi connectivity index (χ3v) is 2.33. The maximum Gasteiger partial charge on any atom is 0.273 e. The zero-order chi connectivity index (χ0) is 13.0. The normalized spacial score (nSPS) is 12.5. The van der Waals surface area contributed by atoms with Gasteiger partial charge in [0.2, 0.25) is 0 Å². The molecular weight excluding hydrogens is 220 g/mol. The highest BCUT2D eigenvalue weighted by atomic mass is 16.6. The minimum atomic E-state index is -0.414. The van der Waals surface area contributed by atoms with E-state index in [0.717, 1.165) is 12.1 Å². The van der Waals surface area contributed by atoms with E-state index in [2.05, 4.69) is 0 Å². The smallest absolute Gasteiger partial charge is 0.273 e. The van der Waals surface area contributed by atoms with Crippen molar-refractivity contribution in [2.45, 2.75) is 20.0 Å². The van der Waals surface area contributed by atoms with Crippen LogP contribution in [0.5, 0.6) is 5.75 Å². The molecule has 0 aliphatic carbocycles. The van der Waals surface area contributed by atoms with Gasteiger partial charge in [0.25, 0.3) is 5.69 Å². The fourth-order valence-corrected chi connectivity index (χ4v) is 1.60. The standard InChI is InChI=1S/C12H18N2O3/c1-9-5-6-11(14(15)16)7-12(9)17-10(2)8-13(3)4/h5-7,10H,8H2,1-4H3. The van der Waals surface area contributed by atoms with E-state index in [0.29, 0.717) is 5.75 Å². The van der Waals surface area contributed by atoms with Gasteiger partial charge in [0.15, 0.2) is 0 Å². The Morgan fingerprint density at radius 2 is 2.12 bits per heavy atom. The Balaban J connectivity index is 2.82. The minimum Gasteiger partial charge on any atom is -0.489 e. The lowest BCUT2D eigenvalue weighted by Gasteiger charge is -2.19. The van der Waals surface area contributed by atoms with E-state index in [9.17, 15) is 10.1 Å². The lowest BCUT2D eigenvalue weighted by molar-refractivity contribution is -0.385. The fraction of sp³-hybridized carbons (Fsp3) is 0.500. The van der Waals surface area contributed by atoms with Crippen LogP contribution >= 0.6 is 0 Å². The topological polar surface area (TPSA) is 55.6 Å². The van der Waals surface area contributed by atoms with E-state index >= 15 is 0 Å². The van der Waals surface area contributed by atoms with Gasteiger partial charge in [0.05, 0.1) is 11.0 Å². The molecule has 5 nitrogen and oxygen atoms in total. The molecule has 17 heavy (non-hydrogen) atoms. The van der Waals surface area contributed by atoms with Crippen LogP contribution in [0.3, 0.4) is 0 Å². The van der Waals surface area contributed by atoms with Crippen molar-refractivity contribution in [1.82, 2.24) is 4.90 Å². The molecule has 0 aliphatic rings. The first-order valence-corrected chi connectivity index (χ1v) is 5.46. The summed E-state index contributed by atoms with van der Waals surface area (Å²) >= 11 is 0. The Morgan fingerprint density at radius 3 is 2.65 bits per heavy atom. The second kappa shape index (κ2) is 5.63. The van der Waals surface area contributed by atoms with Crippen LogP contribution in [-0.2, 0) is 0 Å². The summed E-state index contributed by atoms with van der Waals surface area (Å²) in [5.41, 5.74) is 0.962. The van der Waals surface area contributed by atoms with Crippen LogP contribution in [0, 0.1) is 17.0 Å². The summed E-state index contributed by atoms with van der Waals surface area (Å²) < 4.78 is 5.70. The molecule has 0 bridgehead atoms. The molecule has 94 valence electrons. The lowest BCUT2D eigenvalue weighted by atomic mass is 10.2. The second-order valence-electron chi connectivity index (χ2n) is 4.40. The van der Waals surface area contributed by atoms with E-state index in [1.54, 1.807) is 6.07 Å². The average Bonchev–Trinajstić information content (AvgIpc) is 2.19. The Bertz CT molecular complexity index is 405. The molecule has 0 fully saturated rings. The quantitative estimate of drug-likeness (QED) is 0.583. The molecule has 1 aromatic carbocycles. The summed E-state index contributed by atoms with van der Waals surface area (Å²) in [6.45, 7) is 4.59. The number of likely N-dealkylation sites (N-methyl/N-ethyl adjacent to an activating group) is 1. The van der Waals surface area contributed by atoms with E-state index < -0.39 is 4.92 Å². The van der Waals surface area contributed by atoms with Crippen molar-refractivity contribution in [3.63, 3.8) is 0 Å². The Morgan fingerprint density at radius 1 is 1.47 bits per heavy atom. The molecule has 1 rings (SSSR count). The zero-order valence-electron chi connectivity index (χ0n) is 10.6. The molecule has 5 heteroatoms. The first-order valence-electron chi connectivity index (χ1n) is 5.46. The summed E-state index contributed by atoms with van der Waals surface area (Å²) in [6.07, 6.45) is -0.00861. The number of non-ortho nitro benzene ring substituents is 1. The van der Waals surface area contributed by atoms with Crippen molar-refractivity contribution < 1.29 is 9.66 Å². The SMILES string of the molecule is Cc1ccc([N+](=O)[O-])cc1OC(C)CN(C)C. The van der Waals surface area contributed by atoms with Crippen molar-refractivity contribution in [3.05, 3.63) is 33.9 Å². The number of nitrogens with zero attached hydrogens (tertiary/aromatic N) is 2. The van der Waals surface area contributed by atoms with Crippen LogP contribution in [0.15, 0.2) is 18.2 Å². The van der Waals surface area contributed by atoms with E-state index in [1.807, 2.05) is 32.8 Å². The highest BCUT2D eigenvalue weighted by molar-refractivity contribution is 5.43. The number of benzene rings is 1. The van der Waals surface area contributed by atoms with Crippen molar-refractivity contribution in [2.24, 2.45) is 0 Å². The number of hydrogen-bond acceptors (Lipinski definition) is 4. The molecule has 0 aliphatic heterocycles. The molecule has 0 N–H and O–H groups in total. The Kier molecular flexibility index (Phi) is 4.45. The third kappa shape index (κ3) is 4.03. The number of ether oxygens (including phenoxy) is 1. The summed E-state index contributed by atoms with van der Waals surface area (Å²) in [4.78, 5) is 12.3. The highest BCUT2D eigenvalue weighted by Gasteiger charge is 2.12. The summed E-state index contributed by atoms with van der Waals surface area (Å²) in [5.74, 6) is 0.577. The van der Waals surface area contributed by atoms with Crippen LogP contribution in [0.25, 0.3) is 0 Å². The molecule has 1 aromatic rings. The van der Waals surface area contributed by atoms with Gasteiger partial charge in [-0.1, -0.05) is 0 Å². The highest BCUT2D eigenvalue weighted by Crippen LogP contribution is 2.24. The van der Waals surface area contributed by atoms with Crippen LogP contribution in [0.2, 0.25) is 0 Å². The molecule has 0 amide bonds. The van der Waals surface area contributed by atoms with Crippen LogP contribution in [0.1, 0.15) is 12.5 Å². The summed E-state index contributed by atoms with van der Waals surface area (Å²) in [7, 11) is 3.92. The van der Waals surface area contributed by atoms with Crippen molar-refractivity contribution in [1.29, 1.82) is 0 Å². The fourth-order valence-electron chi connectivity index (χ4n) is 1.60. The third-order valence-electron chi connectivity index (χ3n) is 2.33. The number of nitro benzene ring substituents is 1. The predicted octanol–water partition coefficient (Wildman–Crippen LogP) is 2.23. The van der Waals surface area contributed by atoms with Crippen molar-refractivity contribution in [3.8, 4) is 5.75 Å². The Labute approximate surface area is 101 Å². The van der Waals surface area contributed by atoms with Gasteiger partial charge in [-0.2, -0.15) is 0 Å². The summed E-state index contributed by atoms with van der Waals surface area (Å²) in [5, 5.41) is 10.7. The van der Waals surface area contributed by atoms with Gasteiger partial charge >= 0.3 is 0 Å². The van der Waals surface area contributed by atoms with Gasteiger partial charge < -0.3 is 9.64 Å². The monoisotopic (exact) mass is 238 g/mol. The predicted molar refractivity (Wildman–Crippen MR) is 66.5 cm³/mol. The number of nitro groups is 1. The second-order valence-corrected chi connectivity index (χ2v) is 4.40. The van der Waals surface area contributed by atoms with Crippen LogP contribution < -0.4 is 4.74 Å². The first-order chi connectivity index (χ1) is 7.90. The van der Waals surface area contributed by atoms with Gasteiger partial charge in [-0.3, -0.25) is 10.1 Å². The maximum absolute atomic E-state index is 10.7. The maximum atomic E-state index is 10.7. The van der Waals surface area contributed by atoms with Gasteiger partial charge in [-0.05, 0) is 39.6 Å². The lowest BCUT2D eigenvalue weighted by Crippen LogP contribution is -2.28. The van der Waals surface area contributed by atoms with Gasteiger partial charge in [0.1, 0.15) is 11.9 Å². The molecule has 0 saturated carbocycles. The van der Waals surface area contributed by atoms with E-state index in [4.69, 9.17) is 4.74 Å².